The predicted molar refractivity (Wildman–Crippen MR) is 65.2 cm³/mol. The highest BCUT2D eigenvalue weighted by atomic mass is 79.9. The minimum atomic E-state index is 0.0694. The van der Waals surface area contributed by atoms with E-state index in [-0.39, 0.29) is 6.04 Å². The molecule has 15 heavy (non-hydrogen) atoms. The van der Waals surface area contributed by atoms with Crippen molar-refractivity contribution in [2.75, 3.05) is 11.4 Å². The maximum absolute atomic E-state index is 11.0. The van der Waals surface area contributed by atoms with Gasteiger partial charge in [0.1, 0.15) is 6.29 Å². The van der Waals surface area contributed by atoms with E-state index in [0.29, 0.717) is 0 Å². The fraction of sp³-hybridized carbons (Fsp3) is 0.417. The number of halogens is 1. The first-order valence-electron chi connectivity index (χ1n) is 5.29. The van der Waals surface area contributed by atoms with Crippen molar-refractivity contribution in [3.63, 3.8) is 0 Å². The molecule has 0 radical (unpaired) electrons. The molecule has 1 aliphatic rings. The smallest absolute Gasteiger partial charge is 0.142 e. The first kappa shape index (κ1) is 10.7. The van der Waals surface area contributed by atoms with Crippen LogP contribution in [-0.4, -0.2) is 18.9 Å². The van der Waals surface area contributed by atoms with Crippen molar-refractivity contribution in [3.8, 4) is 0 Å². The van der Waals surface area contributed by atoms with Gasteiger partial charge in [0.25, 0.3) is 0 Å². The third-order valence-corrected chi connectivity index (χ3v) is 3.39. The molecule has 1 atom stereocenters. The molecule has 1 aliphatic heterocycles. The second-order valence-electron chi connectivity index (χ2n) is 3.87. The lowest BCUT2D eigenvalue weighted by atomic mass is 10.0. The van der Waals surface area contributed by atoms with Gasteiger partial charge in [-0.25, -0.2) is 0 Å². The van der Waals surface area contributed by atoms with Crippen LogP contribution in [0.4, 0.5) is 5.69 Å². The van der Waals surface area contributed by atoms with Crippen molar-refractivity contribution in [2.24, 2.45) is 0 Å². The molecule has 2 rings (SSSR count). The van der Waals surface area contributed by atoms with Crippen LogP contribution in [-0.2, 0) is 4.79 Å². The van der Waals surface area contributed by atoms with Crippen LogP contribution in [0, 0.1) is 0 Å². The van der Waals surface area contributed by atoms with Gasteiger partial charge in [0, 0.05) is 16.7 Å². The van der Waals surface area contributed by atoms with Crippen molar-refractivity contribution in [3.05, 3.63) is 28.7 Å². The Morgan fingerprint density at radius 2 is 2.00 bits per heavy atom. The van der Waals surface area contributed by atoms with Gasteiger partial charge in [-0.3, -0.25) is 0 Å². The highest BCUT2D eigenvalue weighted by Gasteiger charge is 2.21. The molecular formula is C12H14BrNO. The number of benzene rings is 1. The number of rotatable bonds is 2. The summed E-state index contributed by atoms with van der Waals surface area (Å²) >= 11 is 3.41. The maximum atomic E-state index is 11.0. The lowest BCUT2D eigenvalue weighted by molar-refractivity contribution is -0.109. The molecule has 1 aromatic rings. The third-order valence-electron chi connectivity index (χ3n) is 2.86. The van der Waals surface area contributed by atoms with Gasteiger partial charge in [-0.15, -0.1) is 0 Å². The van der Waals surface area contributed by atoms with Crippen LogP contribution >= 0.6 is 15.9 Å². The second kappa shape index (κ2) is 4.79. The van der Waals surface area contributed by atoms with Gasteiger partial charge >= 0.3 is 0 Å². The molecule has 80 valence electrons. The van der Waals surface area contributed by atoms with E-state index in [1.807, 2.05) is 12.1 Å². The summed E-state index contributed by atoms with van der Waals surface area (Å²) in [4.78, 5) is 13.2. The van der Waals surface area contributed by atoms with Crippen LogP contribution in [0.2, 0.25) is 0 Å². The van der Waals surface area contributed by atoms with E-state index in [2.05, 4.69) is 33.0 Å². The quantitative estimate of drug-likeness (QED) is 0.768. The largest absolute Gasteiger partial charge is 0.362 e. The average molecular weight is 268 g/mol. The fourth-order valence-electron chi connectivity index (χ4n) is 2.05. The minimum Gasteiger partial charge on any atom is -0.362 e. The van der Waals surface area contributed by atoms with Gasteiger partial charge in [-0.2, -0.15) is 0 Å². The Kier molecular flexibility index (Phi) is 3.41. The lowest BCUT2D eigenvalue weighted by Crippen LogP contribution is -2.40. The normalized spacial score (nSPS) is 21.4. The van der Waals surface area contributed by atoms with Gasteiger partial charge in [0.15, 0.2) is 0 Å². The molecule has 0 aliphatic carbocycles. The first-order valence-corrected chi connectivity index (χ1v) is 6.08. The van der Waals surface area contributed by atoms with E-state index in [9.17, 15) is 4.79 Å². The van der Waals surface area contributed by atoms with Crippen molar-refractivity contribution < 1.29 is 4.79 Å². The molecule has 1 saturated heterocycles. The molecule has 1 unspecified atom stereocenters. The van der Waals surface area contributed by atoms with E-state index in [0.717, 1.165) is 35.8 Å². The number of piperidine rings is 1. The molecule has 0 spiro atoms. The minimum absolute atomic E-state index is 0.0694. The molecule has 0 amide bonds. The van der Waals surface area contributed by atoms with Crippen molar-refractivity contribution in [1.82, 2.24) is 0 Å². The first-order chi connectivity index (χ1) is 7.31. The van der Waals surface area contributed by atoms with Crippen LogP contribution in [0.15, 0.2) is 28.7 Å². The Bertz CT molecular complexity index is 336. The molecule has 2 nitrogen and oxygen atoms in total. The van der Waals surface area contributed by atoms with Crippen LogP contribution in [0.25, 0.3) is 0 Å². The molecule has 0 bridgehead atoms. The third kappa shape index (κ3) is 2.40. The van der Waals surface area contributed by atoms with E-state index in [1.165, 1.54) is 6.42 Å². The Balaban J connectivity index is 2.20. The van der Waals surface area contributed by atoms with Crippen LogP contribution in [0.1, 0.15) is 19.3 Å². The highest BCUT2D eigenvalue weighted by Crippen LogP contribution is 2.25. The van der Waals surface area contributed by atoms with E-state index in [1.54, 1.807) is 0 Å². The zero-order valence-electron chi connectivity index (χ0n) is 8.53. The van der Waals surface area contributed by atoms with Crippen molar-refractivity contribution >= 4 is 27.9 Å². The van der Waals surface area contributed by atoms with Gasteiger partial charge in [0.2, 0.25) is 0 Å². The number of hydrogen-bond acceptors (Lipinski definition) is 2. The second-order valence-corrected chi connectivity index (χ2v) is 4.78. The summed E-state index contributed by atoms with van der Waals surface area (Å²) in [7, 11) is 0. The van der Waals surface area contributed by atoms with Crippen molar-refractivity contribution in [2.45, 2.75) is 25.3 Å². The molecule has 0 N–H and O–H groups in total. The Morgan fingerprint density at radius 3 is 2.67 bits per heavy atom. The molecule has 0 saturated carbocycles. The molecule has 0 aromatic heterocycles. The zero-order chi connectivity index (χ0) is 10.7. The van der Waals surface area contributed by atoms with Gasteiger partial charge in [0.05, 0.1) is 6.04 Å². The number of nitrogens with zero attached hydrogens (tertiary/aromatic N) is 1. The van der Waals surface area contributed by atoms with E-state index < -0.39 is 0 Å². The predicted octanol–water partition coefficient (Wildman–Crippen LogP) is 3.01. The summed E-state index contributed by atoms with van der Waals surface area (Å²) in [6.45, 7) is 0.991. The molecule has 1 fully saturated rings. The molecular weight excluding hydrogens is 254 g/mol. The number of carbonyl (C=O) groups excluding carboxylic acids is 1. The summed E-state index contributed by atoms with van der Waals surface area (Å²) in [6, 6.07) is 8.23. The monoisotopic (exact) mass is 267 g/mol. The zero-order valence-corrected chi connectivity index (χ0v) is 10.1. The van der Waals surface area contributed by atoms with Gasteiger partial charge < -0.3 is 9.69 Å². The Morgan fingerprint density at radius 1 is 1.27 bits per heavy atom. The highest BCUT2D eigenvalue weighted by molar-refractivity contribution is 9.10. The fourth-order valence-corrected chi connectivity index (χ4v) is 2.32. The summed E-state index contributed by atoms with van der Waals surface area (Å²) < 4.78 is 1.07. The van der Waals surface area contributed by atoms with Gasteiger partial charge in [-0.05, 0) is 43.5 Å². The maximum Gasteiger partial charge on any atom is 0.142 e. The van der Waals surface area contributed by atoms with Crippen LogP contribution in [0.5, 0.6) is 0 Å². The summed E-state index contributed by atoms with van der Waals surface area (Å²) in [5.74, 6) is 0. The number of hydrogen-bond donors (Lipinski definition) is 0. The Hall–Kier alpha value is -0.830. The average Bonchev–Trinajstić information content (AvgIpc) is 2.30. The van der Waals surface area contributed by atoms with Crippen LogP contribution < -0.4 is 4.90 Å². The SMILES string of the molecule is O=CC1CCCCN1c1ccc(Br)cc1. The van der Waals surface area contributed by atoms with Crippen molar-refractivity contribution in [1.29, 1.82) is 0 Å². The van der Waals surface area contributed by atoms with Gasteiger partial charge in [-0.1, -0.05) is 15.9 Å². The molecule has 1 aromatic carbocycles. The van der Waals surface area contributed by atoms with E-state index in [4.69, 9.17) is 0 Å². The summed E-state index contributed by atoms with van der Waals surface area (Å²) in [6.07, 6.45) is 4.40. The summed E-state index contributed by atoms with van der Waals surface area (Å²) in [5, 5.41) is 0. The summed E-state index contributed by atoms with van der Waals surface area (Å²) in [5.41, 5.74) is 1.15. The number of carbonyl (C=O) groups is 1. The number of anilines is 1. The van der Waals surface area contributed by atoms with Crippen LogP contribution in [0.3, 0.4) is 0 Å². The standard InChI is InChI=1S/C12H14BrNO/c13-10-4-6-11(7-5-10)14-8-2-1-3-12(14)9-15/h4-7,9,12H,1-3,8H2. The Labute approximate surface area is 98.4 Å². The molecule has 1 heterocycles. The lowest BCUT2D eigenvalue weighted by Gasteiger charge is -2.34. The number of aldehydes is 1. The topological polar surface area (TPSA) is 20.3 Å². The van der Waals surface area contributed by atoms with E-state index >= 15 is 0 Å². The molecule has 3 heteroatoms.